The van der Waals surface area contributed by atoms with Crippen molar-refractivity contribution >= 4 is 27.3 Å². The van der Waals surface area contributed by atoms with Gasteiger partial charge >= 0.3 is 0 Å². The maximum Gasteiger partial charge on any atom is 0.262 e. The second kappa shape index (κ2) is 9.36. The third-order valence-corrected chi connectivity index (χ3v) is 6.35. The summed E-state index contributed by atoms with van der Waals surface area (Å²) in [5.74, 6) is 0.547. The van der Waals surface area contributed by atoms with Crippen LogP contribution in [0.5, 0.6) is 5.75 Å². The van der Waals surface area contributed by atoms with E-state index in [0.717, 1.165) is 11.4 Å². The monoisotopic (exact) mass is 477 g/mol. The van der Waals surface area contributed by atoms with Crippen LogP contribution < -0.4 is 14.8 Å². The van der Waals surface area contributed by atoms with Crippen LogP contribution in [-0.2, 0) is 10.0 Å². The Kier molecular flexibility index (Phi) is 6.33. The van der Waals surface area contributed by atoms with E-state index in [1.807, 2.05) is 19.9 Å². The molecule has 0 aliphatic carbocycles. The zero-order valence-corrected chi connectivity index (χ0v) is 19.6. The summed E-state index contributed by atoms with van der Waals surface area (Å²) in [7, 11) is -2.49. The van der Waals surface area contributed by atoms with Gasteiger partial charge in [-0.2, -0.15) is 5.10 Å². The molecular weight excluding hydrogens is 454 g/mol. The van der Waals surface area contributed by atoms with Gasteiger partial charge in [0.25, 0.3) is 15.9 Å². The predicted octanol–water partition coefficient (Wildman–Crippen LogP) is 3.95. The van der Waals surface area contributed by atoms with Crippen molar-refractivity contribution in [1.82, 2.24) is 14.8 Å². The summed E-state index contributed by atoms with van der Waals surface area (Å²) in [6.45, 7) is 3.83. The van der Waals surface area contributed by atoms with Gasteiger partial charge in [-0.15, -0.1) is 0 Å². The summed E-state index contributed by atoms with van der Waals surface area (Å²) in [5.41, 5.74) is 2.78. The van der Waals surface area contributed by atoms with E-state index in [-0.39, 0.29) is 10.5 Å². The second-order valence-electron chi connectivity index (χ2n) is 7.53. The molecule has 0 aliphatic rings. The van der Waals surface area contributed by atoms with Gasteiger partial charge in [0.2, 0.25) is 0 Å². The van der Waals surface area contributed by atoms with E-state index >= 15 is 0 Å². The zero-order valence-electron chi connectivity index (χ0n) is 18.8. The fourth-order valence-corrected chi connectivity index (χ4v) is 4.50. The molecule has 2 heterocycles. The summed E-state index contributed by atoms with van der Waals surface area (Å²) in [6, 6.07) is 17.8. The van der Waals surface area contributed by atoms with E-state index in [4.69, 9.17) is 4.74 Å². The number of carbonyl (C=O) groups excluding carboxylic acids is 1. The van der Waals surface area contributed by atoms with E-state index in [1.165, 1.54) is 37.6 Å². The Bertz CT molecular complexity index is 1450. The number of benzene rings is 2. The van der Waals surface area contributed by atoms with E-state index < -0.39 is 15.9 Å². The van der Waals surface area contributed by atoms with Crippen LogP contribution in [0.3, 0.4) is 0 Å². The molecule has 174 valence electrons. The van der Waals surface area contributed by atoms with Crippen molar-refractivity contribution in [3.63, 3.8) is 0 Å². The fraction of sp³-hybridized carbons (Fsp3) is 0.125. The van der Waals surface area contributed by atoms with Crippen LogP contribution in [0, 0.1) is 13.8 Å². The average Bonchev–Trinajstić information content (AvgIpc) is 3.17. The molecule has 0 fully saturated rings. The minimum Gasteiger partial charge on any atom is -0.495 e. The van der Waals surface area contributed by atoms with Gasteiger partial charge in [-0.05, 0) is 62.4 Å². The minimum atomic E-state index is -3.95. The van der Waals surface area contributed by atoms with Crippen molar-refractivity contribution in [1.29, 1.82) is 0 Å². The highest BCUT2D eigenvalue weighted by Gasteiger charge is 2.18. The Balaban J connectivity index is 1.51. The lowest BCUT2D eigenvalue weighted by atomic mass is 10.2. The highest BCUT2D eigenvalue weighted by Crippen LogP contribution is 2.26. The molecule has 0 bridgehead atoms. The molecule has 0 aliphatic heterocycles. The first kappa shape index (κ1) is 23.0. The average molecular weight is 478 g/mol. The zero-order chi connectivity index (χ0) is 24.3. The van der Waals surface area contributed by atoms with Crippen LogP contribution in [0.1, 0.15) is 21.7 Å². The molecule has 4 aromatic rings. The SMILES string of the molecule is COc1ccccc1NS(=O)(=O)c1cccc(C(=O)Nc2ccc(-n3nc(C)cc3C)nc2)c1. The van der Waals surface area contributed by atoms with Crippen molar-refractivity contribution in [2.45, 2.75) is 18.7 Å². The Labute approximate surface area is 197 Å². The molecule has 2 aromatic heterocycles. The Morgan fingerprint density at radius 3 is 2.47 bits per heavy atom. The first-order chi connectivity index (χ1) is 16.3. The molecule has 4 rings (SSSR count). The van der Waals surface area contributed by atoms with Gasteiger partial charge in [0, 0.05) is 11.3 Å². The predicted molar refractivity (Wildman–Crippen MR) is 129 cm³/mol. The summed E-state index contributed by atoms with van der Waals surface area (Å²) in [5, 5.41) is 7.13. The number of pyridine rings is 1. The largest absolute Gasteiger partial charge is 0.495 e. The fourth-order valence-electron chi connectivity index (χ4n) is 3.39. The number of amides is 1. The molecule has 0 unspecified atom stereocenters. The highest BCUT2D eigenvalue weighted by atomic mass is 32.2. The van der Waals surface area contributed by atoms with E-state index in [1.54, 1.807) is 41.1 Å². The normalized spacial score (nSPS) is 11.1. The molecule has 0 atom stereocenters. The number of ether oxygens (including phenoxy) is 1. The van der Waals surface area contributed by atoms with Crippen molar-refractivity contribution in [2.24, 2.45) is 0 Å². The van der Waals surface area contributed by atoms with Crippen LogP contribution in [0.15, 0.2) is 77.8 Å². The number of hydrogen-bond acceptors (Lipinski definition) is 6. The highest BCUT2D eigenvalue weighted by molar-refractivity contribution is 7.92. The second-order valence-corrected chi connectivity index (χ2v) is 9.21. The van der Waals surface area contributed by atoms with Gasteiger partial charge in [-0.25, -0.2) is 18.1 Å². The molecular formula is C24H23N5O4S. The Morgan fingerprint density at radius 1 is 1.00 bits per heavy atom. The standard InChI is InChI=1S/C24H23N5O4S/c1-16-13-17(2)29(27-16)23-12-11-19(15-25-23)26-24(30)18-7-6-8-20(14-18)34(31,32)28-21-9-4-5-10-22(21)33-3/h4-15,28H,1-3H3,(H,26,30). The third-order valence-electron chi connectivity index (χ3n) is 4.99. The molecule has 0 saturated carbocycles. The van der Waals surface area contributed by atoms with Crippen molar-refractivity contribution in [2.75, 3.05) is 17.1 Å². The lowest BCUT2D eigenvalue weighted by Crippen LogP contribution is -2.16. The number of sulfonamides is 1. The molecule has 9 nitrogen and oxygen atoms in total. The first-order valence-electron chi connectivity index (χ1n) is 10.3. The number of carbonyl (C=O) groups is 1. The molecule has 34 heavy (non-hydrogen) atoms. The number of methoxy groups -OCH3 is 1. The van der Waals surface area contributed by atoms with Gasteiger partial charge < -0.3 is 10.1 Å². The molecule has 0 radical (unpaired) electrons. The lowest BCUT2D eigenvalue weighted by Gasteiger charge is -2.12. The maximum atomic E-state index is 12.9. The molecule has 0 spiro atoms. The van der Waals surface area contributed by atoms with Crippen LogP contribution >= 0.6 is 0 Å². The number of hydrogen-bond donors (Lipinski definition) is 2. The van der Waals surface area contributed by atoms with Gasteiger partial charge in [-0.1, -0.05) is 18.2 Å². The van der Waals surface area contributed by atoms with Crippen LogP contribution in [0.4, 0.5) is 11.4 Å². The van der Waals surface area contributed by atoms with Crippen molar-refractivity contribution < 1.29 is 17.9 Å². The maximum absolute atomic E-state index is 12.9. The Hall–Kier alpha value is -4.18. The topological polar surface area (TPSA) is 115 Å². The summed E-state index contributed by atoms with van der Waals surface area (Å²) >= 11 is 0. The van der Waals surface area contributed by atoms with Crippen molar-refractivity contribution in [3.05, 3.63) is 89.9 Å². The number of rotatable bonds is 7. The quantitative estimate of drug-likeness (QED) is 0.417. The Morgan fingerprint density at radius 2 is 1.79 bits per heavy atom. The van der Waals surface area contributed by atoms with Gasteiger partial charge in [0.05, 0.1) is 35.3 Å². The third kappa shape index (κ3) is 4.91. The number of aryl methyl sites for hydroxylation is 2. The van der Waals surface area contributed by atoms with E-state index in [0.29, 0.717) is 22.9 Å². The summed E-state index contributed by atoms with van der Waals surface area (Å²) in [6.07, 6.45) is 1.52. The number of nitrogens with one attached hydrogen (secondary N) is 2. The molecule has 0 saturated heterocycles. The van der Waals surface area contributed by atoms with Crippen LogP contribution in [0.2, 0.25) is 0 Å². The lowest BCUT2D eigenvalue weighted by molar-refractivity contribution is 0.102. The van der Waals surface area contributed by atoms with Gasteiger partial charge in [0.15, 0.2) is 5.82 Å². The van der Waals surface area contributed by atoms with Gasteiger partial charge in [-0.3, -0.25) is 9.52 Å². The summed E-state index contributed by atoms with van der Waals surface area (Å²) < 4.78 is 35.2. The first-order valence-corrected chi connectivity index (χ1v) is 11.8. The van der Waals surface area contributed by atoms with E-state index in [9.17, 15) is 13.2 Å². The van der Waals surface area contributed by atoms with Crippen LogP contribution in [0.25, 0.3) is 5.82 Å². The smallest absolute Gasteiger partial charge is 0.262 e. The summed E-state index contributed by atoms with van der Waals surface area (Å²) in [4.78, 5) is 17.1. The van der Waals surface area contributed by atoms with Crippen molar-refractivity contribution in [3.8, 4) is 11.6 Å². The van der Waals surface area contributed by atoms with Gasteiger partial charge in [0.1, 0.15) is 5.75 Å². The molecule has 2 N–H and O–H groups in total. The van der Waals surface area contributed by atoms with Crippen LogP contribution in [-0.4, -0.2) is 36.2 Å². The molecule has 10 heteroatoms. The molecule has 1 amide bonds. The number of nitrogens with zero attached hydrogens (tertiary/aromatic N) is 3. The molecule has 2 aromatic carbocycles. The number of anilines is 2. The minimum absolute atomic E-state index is 0.0518. The number of para-hydroxylation sites is 2. The van der Waals surface area contributed by atoms with E-state index in [2.05, 4.69) is 20.1 Å². The number of aromatic nitrogens is 3.